The van der Waals surface area contributed by atoms with E-state index in [4.69, 9.17) is 38.4 Å². The quantitative estimate of drug-likeness (QED) is 0.487. The summed E-state index contributed by atoms with van der Waals surface area (Å²) in [7, 11) is 0. The molecule has 0 aliphatic heterocycles. The topological polar surface area (TPSA) is 74.4 Å². The van der Waals surface area contributed by atoms with E-state index in [1.165, 1.54) is 18.3 Å². The first-order valence-corrected chi connectivity index (χ1v) is 8.98. The van der Waals surface area contributed by atoms with Crippen LogP contribution in [0, 0.1) is 5.82 Å². The summed E-state index contributed by atoms with van der Waals surface area (Å²) in [6.45, 7) is 5.06. The Balaban J connectivity index is 2.55. The van der Waals surface area contributed by atoms with Gasteiger partial charge >= 0.3 is 5.97 Å². The number of carbonyl (C=O) groups excluding carboxylic acids is 1. The third kappa shape index (κ3) is 4.99. The monoisotopic (exact) mass is 464 g/mol. The van der Waals surface area contributed by atoms with Crippen LogP contribution in [0.5, 0.6) is 5.75 Å². The van der Waals surface area contributed by atoms with Gasteiger partial charge in [0.15, 0.2) is 11.6 Å². The van der Waals surface area contributed by atoms with Crippen LogP contribution in [0.25, 0.3) is 0 Å². The van der Waals surface area contributed by atoms with E-state index in [2.05, 4.69) is 20.9 Å². The molecule has 1 aromatic carbocycles. The molecule has 9 heteroatoms. The minimum atomic E-state index is -1.44. The predicted octanol–water partition coefficient (Wildman–Crippen LogP) is 5.33. The van der Waals surface area contributed by atoms with Crippen molar-refractivity contribution in [3.63, 3.8) is 0 Å². The standard InChI is InChI=1S/C17H16BrCl2FN2O3/c1-17(2,3)26-16(24)14(12-9(19)4-5-10(21)13(12)20)25-11-6-8(18)7-23-15(11)22/h4-7,14H,1-3H3,(H2,22,23)/t14-/m1/s1. The van der Waals surface area contributed by atoms with E-state index >= 15 is 0 Å². The fourth-order valence-corrected chi connectivity index (χ4v) is 2.90. The van der Waals surface area contributed by atoms with Gasteiger partial charge in [0.25, 0.3) is 0 Å². The van der Waals surface area contributed by atoms with E-state index < -0.39 is 23.5 Å². The number of ether oxygens (including phenoxy) is 2. The third-order valence-electron chi connectivity index (χ3n) is 3.06. The maximum absolute atomic E-state index is 14.0. The number of anilines is 1. The lowest BCUT2D eigenvalue weighted by molar-refractivity contribution is -0.163. The largest absolute Gasteiger partial charge is 0.470 e. The van der Waals surface area contributed by atoms with Crippen molar-refractivity contribution in [3.05, 3.63) is 50.3 Å². The van der Waals surface area contributed by atoms with Crippen molar-refractivity contribution >= 4 is 50.9 Å². The van der Waals surface area contributed by atoms with Gasteiger partial charge in [-0.2, -0.15) is 0 Å². The van der Waals surface area contributed by atoms with Crippen LogP contribution in [0.15, 0.2) is 28.9 Å². The number of halogens is 4. The van der Waals surface area contributed by atoms with Crippen LogP contribution in [0.1, 0.15) is 32.4 Å². The van der Waals surface area contributed by atoms with Crippen LogP contribution in [-0.2, 0) is 9.53 Å². The number of esters is 1. The first-order valence-electron chi connectivity index (χ1n) is 7.43. The van der Waals surface area contributed by atoms with Gasteiger partial charge in [-0.25, -0.2) is 14.2 Å². The van der Waals surface area contributed by atoms with Crippen LogP contribution >= 0.6 is 39.1 Å². The molecular formula is C17H16BrCl2FN2O3. The molecule has 0 spiro atoms. The summed E-state index contributed by atoms with van der Waals surface area (Å²) >= 11 is 15.4. The average molecular weight is 466 g/mol. The fourth-order valence-electron chi connectivity index (χ4n) is 2.02. The van der Waals surface area contributed by atoms with Crippen LogP contribution in [0.2, 0.25) is 10.0 Å². The van der Waals surface area contributed by atoms with Crippen LogP contribution in [-0.4, -0.2) is 16.6 Å². The van der Waals surface area contributed by atoms with E-state index in [0.717, 1.165) is 6.07 Å². The lowest BCUT2D eigenvalue weighted by Gasteiger charge is -2.26. The van der Waals surface area contributed by atoms with Gasteiger partial charge in [0, 0.05) is 21.3 Å². The van der Waals surface area contributed by atoms with E-state index in [1.807, 2.05) is 0 Å². The zero-order chi connectivity index (χ0) is 19.6. The summed E-state index contributed by atoms with van der Waals surface area (Å²) in [4.78, 5) is 16.7. The zero-order valence-electron chi connectivity index (χ0n) is 14.1. The Hall–Kier alpha value is -1.57. The molecule has 1 aromatic heterocycles. The second kappa shape index (κ2) is 7.98. The van der Waals surface area contributed by atoms with Crippen molar-refractivity contribution in [2.75, 3.05) is 5.73 Å². The highest BCUT2D eigenvalue weighted by molar-refractivity contribution is 9.10. The second-order valence-corrected chi connectivity index (χ2v) is 8.03. The summed E-state index contributed by atoms with van der Waals surface area (Å²) in [6.07, 6.45) is 0.0237. The Morgan fingerprint density at radius 1 is 1.35 bits per heavy atom. The molecule has 0 radical (unpaired) electrons. The summed E-state index contributed by atoms with van der Waals surface area (Å²) < 4.78 is 25.6. The molecule has 2 rings (SSSR count). The van der Waals surface area contributed by atoms with Crippen molar-refractivity contribution in [2.24, 2.45) is 0 Å². The molecule has 140 valence electrons. The SMILES string of the molecule is CC(C)(C)OC(=O)[C@H](Oc1cc(Br)cnc1N)c1c(Cl)ccc(F)c1Cl. The van der Waals surface area contributed by atoms with Crippen molar-refractivity contribution in [1.82, 2.24) is 4.98 Å². The molecule has 1 heterocycles. The maximum Gasteiger partial charge on any atom is 0.352 e. The number of nitrogens with zero attached hydrogens (tertiary/aromatic N) is 1. The Morgan fingerprint density at radius 3 is 2.62 bits per heavy atom. The number of nitrogens with two attached hydrogens (primary N) is 1. The molecule has 2 N–H and O–H groups in total. The smallest absolute Gasteiger partial charge is 0.352 e. The van der Waals surface area contributed by atoms with Crippen molar-refractivity contribution < 1.29 is 18.7 Å². The van der Waals surface area contributed by atoms with Crippen LogP contribution in [0.3, 0.4) is 0 Å². The lowest BCUT2D eigenvalue weighted by Crippen LogP contribution is -2.31. The number of nitrogen functional groups attached to an aromatic ring is 1. The maximum atomic E-state index is 14.0. The summed E-state index contributed by atoms with van der Waals surface area (Å²) in [6, 6.07) is 3.89. The highest BCUT2D eigenvalue weighted by atomic mass is 79.9. The van der Waals surface area contributed by atoms with Gasteiger partial charge in [-0.15, -0.1) is 0 Å². The van der Waals surface area contributed by atoms with Crippen molar-refractivity contribution in [1.29, 1.82) is 0 Å². The van der Waals surface area contributed by atoms with Gasteiger partial charge in [0.2, 0.25) is 6.10 Å². The number of benzene rings is 1. The summed E-state index contributed by atoms with van der Waals surface area (Å²) in [5, 5.41) is -0.288. The summed E-state index contributed by atoms with van der Waals surface area (Å²) in [5.41, 5.74) is 4.93. The molecule has 0 saturated heterocycles. The number of hydrogen-bond donors (Lipinski definition) is 1. The van der Waals surface area contributed by atoms with Gasteiger partial charge < -0.3 is 15.2 Å². The van der Waals surface area contributed by atoms with E-state index in [-0.39, 0.29) is 27.2 Å². The molecule has 0 bridgehead atoms. The minimum Gasteiger partial charge on any atom is -0.470 e. The average Bonchev–Trinajstić information content (AvgIpc) is 2.52. The van der Waals surface area contributed by atoms with Gasteiger partial charge in [-0.1, -0.05) is 23.2 Å². The molecular weight excluding hydrogens is 450 g/mol. The van der Waals surface area contributed by atoms with Crippen molar-refractivity contribution in [3.8, 4) is 5.75 Å². The third-order valence-corrected chi connectivity index (χ3v) is 4.20. The number of hydrogen-bond acceptors (Lipinski definition) is 5. The molecule has 0 fully saturated rings. The molecule has 1 atom stereocenters. The van der Waals surface area contributed by atoms with Gasteiger partial charge in [-0.3, -0.25) is 0 Å². The second-order valence-electron chi connectivity index (χ2n) is 6.33. The van der Waals surface area contributed by atoms with E-state index in [9.17, 15) is 9.18 Å². The molecule has 0 aliphatic rings. The molecule has 0 saturated carbocycles. The van der Waals surface area contributed by atoms with E-state index in [0.29, 0.717) is 4.47 Å². The molecule has 26 heavy (non-hydrogen) atoms. The molecule has 0 unspecified atom stereocenters. The Labute approximate surface area is 168 Å². The molecule has 2 aromatic rings. The van der Waals surface area contributed by atoms with Crippen molar-refractivity contribution in [2.45, 2.75) is 32.5 Å². The van der Waals surface area contributed by atoms with Gasteiger partial charge in [0.05, 0.1) is 5.02 Å². The Kier molecular flexibility index (Phi) is 6.37. The first-order chi connectivity index (χ1) is 12.0. The Morgan fingerprint density at radius 2 is 2.00 bits per heavy atom. The molecule has 0 aliphatic carbocycles. The lowest BCUT2D eigenvalue weighted by atomic mass is 10.1. The number of aromatic nitrogens is 1. The Bertz CT molecular complexity index is 843. The number of rotatable bonds is 4. The molecule has 5 nitrogen and oxygen atoms in total. The summed E-state index contributed by atoms with van der Waals surface area (Å²) in [5.74, 6) is -1.42. The van der Waals surface area contributed by atoms with Gasteiger partial charge in [-0.05, 0) is 54.9 Å². The first kappa shape index (κ1) is 20.7. The predicted molar refractivity (Wildman–Crippen MR) is 102 cm³/mol. The normalized spacial score (nSPS) is 12.6. The van der Waals surface area contributed by atoms with E-state index in [1.54, 1.807) is 20.8 Å². The number of pyridine rings is 1. The highest BCUT2D eigenvalue weighted by Crippen LogP contribution is 2.38. The van der Waals surface area contributed by atoms with Crippen LogP contribution < -0.4 is 10.5 Å². The zero-order valence-corrected chi connectivity index (χ0v) is 17.2. The highest BCUT2D eigenvalue weighted by Gasteiger charge is 2.33. The minimum absolute atomic E-state index is 0.0328. The fraction of sp³-hybridized carbons (Fsp3) is 0.294. The van der Waals surface area contributed by atoms with Crippen LogP contribution in [0.4, 0.5) is 10.2 Å². The number of carbonyl (C=O) groups is 1. The van der Waals surface area contributed by atoms with Gasteiger partial charge in [0.1, 0.15) is 11.4 Å². The molecule has 0 amide bonds.